The van der Waals surface area contributed by atoms with Crippen LogP contribution in [0.5, 0.6) is 0 Å². The minimum absolute atomic E-state index is 0.0354. The second-order valence-corrected chi connectivity index (χ2v) is 8.29. The van der Waals surface area contributed by atoms with Crippen molar-refractivity contribution in [2.75, 3.05) is 26.2 Å². The van der Waals surface area contributed by atoms with Crippen LogP contribution in [0.25, 0.3) is 11.5 Å². The molecule has 1 amide bonds. The molecule has 2 unspecified atom stereocenters. The summed E-state index contributed by atoms with van der Waals surface area (Å²) in [4.78, 5) is 19.7. The third-order valence-electron chi connectivity index (χ3n) is 6.05. The topological polar surface area (TPSA) is 67.6 Å². The molecule has 2 aliphatic rings. The van der Waals surface area contributed by atoms with E-state index in [-0.39, 0.29) is 17.9 Å². The third kappa shape index (κ3) is 4.87. The summed E-state index contributed by atoms with van der Waals surface area (Å²) < 4.78 is 11.6. The van der Waals surface area contributed by atoms with Gasteiger partial charge in [0.05, 0.1) is 17.7 Å². The maximum absolute atomic E-state index is 12.6. The van der Waals surface area contributed by atoms with Gasteiger partial charge in [-0.15, -0.1) is 0 Å². The monoisotopic (exact) mass is 397 g/mol. The van der Waals surface area contributed by atoms with Gasteiger partial charge in [0.1, 0.15) is 5.76 Å². The number of likely N-dealkylation sites (tertiary alicyclic amines) is 1. The van der Waals surface area contributed by atoms with Gasteiger partial charge in [0, 0.05) is 31.8 Å². The SMILES string of the molecule is Cc1ccccc1-c1nc(CN2CCCC(C(=O)NCC3CCCO3)C2)c(C)o1. The first kappa shape index (κ1) is 20.1. The van der Waals surface area contributed by atoms with E-state index in [1.807, 2.05) is 25.1 Å². The molecule has 0 bridgehead atoms. The Morgan fingerprint density at radius 1 is 1.24 bits per heavy atom. The lowest BCUT2D eigenvalue weighted by Gasteiger charge is -2.31. The van der Waals surface area contributed by atoms with Crippen LogP contribution in [0, 0.1) is 19.8 Å². The number of amides is 1. The molecule has 1 aromatic carbocycles. The highest BCUT2D eigenvalue weighted by Gasteiger charge is 2.28. The molecular formula is C23H31N3O3. The van der Waals surface area contributed by atoms with Crippen LogP contribution in [0.4, 0.5) is 0 Å². The molecule has 156 valence electrons. The summed E-state index contributed by atoms with van der Waals surface area (Å²) in [5.41, 5.74) is 3.15. The Balaban J connectivity index is 1.35. The summed E-state index contributed by atoms with van der Waals surface area (Å²) in [7, 11) is 0. The minimum atomic E-state index is 0.0354. The molecule has 1 aromatic heterocycles. The van der Waals surface area contributed by atoms with Crippen LogP contribution in [-0.2, 0) is 16.1 Å². The number of aromatic nitrogens is 1. The predicted octanol–water partition coefficient (Wildman–Crippen LogP) is 3.47. The first-order chi connectivity index (χ1) is 14.1. The highest BCUT2D eigenvalue weighted by Crippen LogP contribution is 2.26. The van der Waals surface area contributed by atoms with Gasteiger partial charge in [-0.1, -0.05) is 18.2 Å². The van der Waals surface area contributed by atoms with Crippen molar-refractivity contribution < 1.29 is 13.9 Å². The Morgan fingerprint density at radius 2 is 2.10 bits per heavy atom. The van der Waals surface area contributed by atoms with Crippen molar-refractivity contribution in [2.24, 2.45) is 5.92 Å². The fourth-order valence-corrected chi connectivity index (χ4v) is 4.29. The number of nitrogens with zero attached hydrogens (tertiary/aromatic N) is 2. The van der Waals surface area contributed by atoms with Gasteiger partial charge >= 0.3 is 0 Å². The fourth-order valence-electron chi connectivity index (χ4n) is 4.29. The number of ether oxygens (including phenoxy) is 1. The number of rotatable bonds is 6. The van der Waals surface area contributed by atoms with Crippen molar-refractivity contribution in [3.63, 3.8) is 0 Å². The van der Waals surface area contributed by atoms with E-state index < -0.39 is 0 Å². The second kappa shape index (κ2) is 9.09. The van der Waals surface area contributed by atoms with Crippen molar-refractivity contribution in [1.29, 1.82) is 0 Å². The molecule has 0 radical (unpaired) electrons. The van der Waals surface area contributed by atoms with Crippen LogP contribution < -0.4 is 5.32 Å². The molecule has 6 heteroatoms. The Bertz CT molecular complexity index is 842. The predicted molar refractivity (Wildman–Crippen MR) is 111 cm³/mol. The van der Waals surface area contributed by atoms with E-state index in [1.54, 1.807) is 0 Å². The van der Waals surface area contributed by atoms with Gasteiger partial charge in [0.25, 0.3) is 0 Å². The number of piperidine rings is 1. The average molecular weight is 398 g/mol. The second-order valence-electron chi connectivity index (χ2n) is 8.29. The molecular weight excluding hydrogens is 366 g/mol. The van der Waals surface area contributed by atoms with Gasteiger partial charge in [0.2, 0.25) is 11.8 Å². The summed E-state index contributed by atoms with van der Waals surface area (Å²) in [6.45, 7) is 7.97. The Hall–Kier alpha value is -2.18. The van der Waals surface area contributed by atoms with Crippen LogP contribution >= 0.6 is 0 Å². The van der Waals surface area contributed by atoms with E-state index in [4.69, 9.17) is 14.1 Å². The number of carbonyl (C=O) groups is 1. The zero-order chi connectivity index (χ0) is 20.2. The highest BCUT2D eigenvalue weighted by atomic mass is 16.5. The zero-order valence-corrected chi connectivity index (χ0v) is 17.4. The summed E-state index contributed by atoms with van der Waals surface area (Å²) in [6.07, 6.45) is 4.31. The first-order valence-corrected chi connectivity index (χ1v) is 10.7. The lowest BCUT2D eigenvalue weighted by Crippen LogP contribution is -2.44. The molecule has 2 atom stereocenters. The Kier molecular flexibility index (Phi) is 6.31. The van der Waals surface area contributed by atoms with E-state index in [1.165, 1.54) is 0 Å². The van der Waals surface area contributed by atoms with Gasteiger partial charge in [-0.3, -0.25) is 9.69 Å². The molecule has 3 heterocycles. The van der Waals surface area contributed by atoms with E-state index >= 15 is 0 Å². The van der Waals surface area contributed by atoms with Crippen molar-refractivity contribution in [2.45, 2.75) is 52.2 Å². The zero-order valence-electron chi connectivity index (χ0n) is 17.4. The van der Waals surface area contributed by atoms with Crippen LogP contribution in [-0.4, -0.2) is 48.1 Å². The normalized spacial score (nSPS) is 22.7. The third-order valence-corrected chi connectivity index (χ3v) is 6.05. The maximum Gasteiger partial charge on any atom is 0.226 e. The van der Waals surface area contributed by atoms with E-state index in [9.17, 15) is 4.79 Å². The number of oxazole rings is 1. The lowest BCUT2D eigenvalue weighted by molar-refractivity contribution is -0.127. The molecule has 29 heavy (non-hydrogen) atoms. The van der Waals surface area contributed by atoms with E-state index in [2.05, 4.69) is 23.2 Å². The van der Waals surface area contributed by atoms with Crippen molar-refractivity contribution in [1.82, 2.24) is 15.2 Å². The number of hydrogen-bond donors (Lipinski definition) is 1. The number of nitrogens with one attached hydrogen (secondary N) is 1. The van der Waals surface area contributed by atoms with Crippen molar-refractivity contribution in [3.05, 3.63) is 41.3 Å². The van der Waals surface area contributed by atoms with Gasteiger partial charge < -0.3 is 14.5 Å². The quantitative estimate of drug-likeness (QED) is 0.808. The van der Waals surface area contributed by atoms with Crippen LogP contribution in [0.15, 0.2) is 28.7 Å². The minimum Gasteiger partial charge on any atom is -0.441 e. The van der Waals surface area contributed by atoms with Gasteiger partial charge in [0.15, 0.2) is 0 Å². The maximum atomic E-state index is 12.6. The lowest BCUT2D eigenvalue weighted by atomic mass is 9.97. The molecule has 2 aliphatic heterocycles. The Morgan fingerprint density at radius 3 is 2.90 bits per heavy atom. The molecule has 0 aliphatic carbocycles. The number of benzene rings is 1. The van der Waals surface area contributed by atoms with E-state index in [0.29, 0.717) is 12.4 Å². The fraction of sp³-hybridized carbons (Fsp3) is 0.565. The summed E-state index contributed by atoms with van der Waals surface area (Å²) in [6, 6.07) is 8.14. The first-order valence-electron chi connectivity index (χ1n) is 10.7. The molecule has 1 N–H and O–H groups in total. The molecule has 0 spiro atoms. The van der Waals surface area contributed by atoms with Crippen molar-refractivity contribution in [3.8, 4) is 11.5 Å². The molecule has 4 rings (SSSR count). The average Bonchev–Trinajstić information content (AvgIpc) is 3.37. The number of carbonyl (C=O) groups excluding carboxylic acids is 1. The van der Waals surface area contributed by atoms with Gasteiger partial charge in [-0.05, 0) is 57.7 Å². The molecule has 0 saturated carbocycles. The Labute approximate surface area is 172 Å². The molecule has 6 nitrogen and oxygen atoms in total. The number of aryl methyl sites for hydroxylation is 2. The van der Waals surface area contributed by atoms with Crippen molar-refractivity contribution >= 4 is 5.91 Å². The molecule has 2 saturated heterocycles. The van der Waals surface area contributed by atoms with Gasteiger partial charge in [-0.2, -0.15) is 0 Å². The van der Waals surface area contributed by atoms with Crippen LogP contribution in [0.2, 0.25) is 0 Å². The van der Waals surface area contributed by atoms with E-state index in [0.717, 1.165) is 74.5 Å². The largest absolute Gasteiger partial charge is 0.441 e. The van der Waals surface area contributed by atoms with Gasteiger partial charge in [-0.25, -0.2) is 4.98 Å². The van der Waals surface area contributed by atoms with Crippen LogP contribution in [0.1, 0.15) is 42.7 Å². The summed E-state index contributed by atoms with van der Waals surface area (Å²) >= 11 is 0. The highest BCUT2D eigenvalue weighted by molar-refractivity contribution is 5.79. The standard InChI is InChI=1S/C23H31N3O3/c1-16-7-3-4-10-20(16)23-25-21(17(2)29-23)15-26-11-5-8-18(14-26)22(27)24-13-19-9-6-12-28-19/h3-4,7,10,18-19H,5-6,8-9,11-15H2,1-2H3,(H,24,27). The smallest absolute Gasteiger partial charge is 0.226 e. The number of hydrogen-bond acceptors (Lipinski definition) is 5. The summed E-state index contributed by atoms with van der Waals surface area (Å²) in [5.74, 6) is 1.72. The summed E-state index contributed by atoms with van der Waals surface area (Å²) in [5, 5.41) is 3.10. The molecule has 2 aromatic rings. The van der Waals surface area contributed by atoms with Crippen LogP contribution in [0.3, 0.4) is 0 Å². The molecule has 2 fully saturated rings.